The van der Waals surface area contributed by atoms with E-state index in [2.05, 4.69) is 123 Å². The molecule has 1 nitrogen and oxygen atoms in total. The van der Waals surface area contributed by atoms with Crippen molar-refractivity contribution in [3.8, 4) is 33.4 Å². The minimum atomic E-state index is -0.0411. The van der Waals surface area contributed by atoms with Gasteiger partial charge < -0.3 is 0 Å². The Hall–Kier alpha value is -4.23. The van der Waals surface area contributed by atoms with E-state index in [9.17, 15) is 0 Å². The number of rotatable bonds is 2. The molecule has 1 aliphatic carbocycles. The van der Waals surface area contributed by atoms with Crippen LogP contribution in [0.25, 0.3) is 54.9 Å². The van der Waals surface area contributed by atoms with Crippen molar-refractivity contribution >= 4 is 21.5 Å². The Balaban J connectivity index is 1.56. The lowest BCUT2D eigenvalue weighted by Gasteiger charge is -2.23. The first kappa shape index (κ1) is 21.1. The summed E-state index contributed by atoms with van der Waals surface area (Å²) in [6.45, 7) is 6.90. The maximum Gasteiger partial charge on any atom is 0.0353 e. The summed E-state index contributed by atoms with van der Waals surface area (Å²) in [4.78, 5) is 4.58. The van der Waals surface area contributed by atoms with Crippen molar-refractivity contribution in [1.82, 2.24) is 4.98 Å². The summed E-state index contributed by atoms with van der Waals surface area (Å²) in [5, 5.41) is 4.97. The molecule has 0 aliphatic heterocycles. The Morgan fingerprint density at radius 2 is 1.17 bits per heavy atom. The van der Waals surface area contributed by atoms with E-state index in [1.165, 1.54) is 71.6 Å². The summed E-state index contributed by atoms with van der Waals surface area (Å²) in [6.07, 6.45) is 3.96. The summed E-state index contributed by atoms with van der Waals surface area (Å²) in [5.74, 6) is 0. The van der Waals surface area contributed by atoms with Crippen molar-refractivity contribution in [2.75, 3.05) is 0 Å². The zero-order valence-electron chi connectivity index (χ0n) is 20.8. The van der Waals surface area contributed by atoms with Crippen molar-refractivity contribution in [3.63, 3.8) is 0 Å². The molecule has 1 aliphatic rings. The molecule has 0 amide bonds. The van der Waals surface area contributed by atoms with Gasteiger partial charge in [0.15, 0.2) is 0 Å². The predicted octanol–water partition coefficient (Wildman–Crippen LogP) is 9.34. The number of hydrogen-bond donors (Lipinski definition) is 0. The van der Waals surface area contributed by atoms with Crippen LogP contribution >= 0.6 is 0 Å². The second-order valence-corrected chi connectivity index (χ2v) is 10.5. The molecule has 1 heterocycles. The highest BCUT2D eigenvalue weighted by molar-refractivity contribution is 6.21. The molecule has 5 aromatic carbocycles. The Morgan fingerprint density at radius 1 is 0.556 bits per heavy atom. The van der Waals surface area contributed by atoms with Gasteiger partial charge in [0.25, 0.3) is 0 Å². The molecule has 0 bridgehead atoms. The molecular weight excluding hydrogens is 434 g/mol. The summed E-state index contributed by atoms with van der Waals surface area (Å²) in [6, 6.07) is 35.7. The quantitative estimate of drug-likeness (QED) is 0.234. The highest BCUT2D eigenvalue weighted by Crippen LogP contribution is 2.51. The fourth-order valence-corrected chi connectivity index (χ4v) is 6.25. The molecule has 0 fully saturated rings. The van der Waals surface area contributed by atoms with E-state index in [0.717, 1.165) is 0 Å². The third-order valence-corrected chi connectivity index (χ3v) is 8.01. The first-order valence-electron chi connectivity index (χ1n) is 12.6. The van der Waals surface area contributed by atoms with Gasteiger partial charge in [-0.25, -0.2) is 0 Å². The van der Waals surface area contributed by atoms with Gasteiger partial charge in [-0.2, -0.15) is 0 Å². The number of pyridine rings is 1. The molecule has 0 radical (unpaired) electrons. The van der Waals surface area contributed by atoms with E-state index in [-0.39, 0.29) is 5.41 Å². The molecule has 0 saturated carbocycles. The Bertz CT molecular complexity index is 1750. The van der Waals surface area contributed by atoms with Crippen LogP contribution in [0, 0.1) is 6.92 Å². The molecule has 36 heavy (non-hydrogen) atoms. The molecule has 0 saturated heterocycles. The zero-order valence-corrected chi connectivity index (χ0v) is 20.8. The summed E-state index contributed by atoms with van der Waals surface area (Å²) in [7, 11) is 0. The normalized spacial score (nSPS) is 13.6. The van der Waals surface area contributed by atoms with Crippen LogP contribution in [0.15, 0.2) is 109 Å². The maximum atomic E-state index is 4.58. The van der Waals surface area contributed by atoms with Crippen molar-refractivity contribution in [2.45, 2.75) is 26.2 Å². The molecule has 6 aromatic rings. The molecular formula is C35H27N. The van der Waals surface area contributed by atoms with E-state index in [1.807, 2.05) is 12.4 Å². The largest absolute Gasteiger partial charge is 0.264 e. The van der Waals surface area contributed by atoms with E-state index < -0.39 is 0 Å². The van der Waals surface area contributed by atoms with Crippen LogP contribution in [0.5, 0.6) is 0 Å². The summed E-state index contributed by atoms with van der Waals surface area (Å²) >= 11 is 0. The highest BCUT2D eigenvalue weighted by Gasteiger charge is 2.35. The van der Waals surface area contributed by atoms with Crippen molar-refractivity contribution in [1.29, 1.82) is 0 Å². The molecule has 0 N–H and O–H groups in total. The molecule has 0 spiro atoms. The maximum absolute atomic E-state index is 4.58. The minimum absolute atomic E-state index is 0.0411. The fraction of sp³-hybridized carbons (Fsp3) is 0.114. The van der Waals surface area contributed by atoms with Crippen LogP contribution in [-0.2, 0) is 5.41 Å². The smallest absolute Gasteiger partial charge is 0.0353 e. The van der Waals surface area contributed by atoms with Crippen LogP contribution in [0.2, 0.25) is 0 Å². The number of benzene rings is 5. The lowest BCUT2D eigenvalue weighted by atomic mass is 9.80. The van der Waals surface area contributed by atoms with Crippen LogP contribution < -0.4 is 0 Å². The molecule has 0 atom stereocenters. The topological polar surface area (TPSA) is 12.9 Å². The SMILES string of the molecule is Cc1ccc2c(c1)C(C)(C)c1cc(-c3c4ccccc4c(-c4ccccc4)c4ccncc34)ccc1-2. The Labute approximate surface area is 212 Å². The lowest BCUT2D eigenvalue weighted by molar-refractivity contribution is 0.660. The summed E-state index contributed by atoms with van der Waals surface area (Å²) in [5.41, 5.74) is 11.8. The van der Waals surface area contributed by atoms with Crippen molar-refractivity contribution < 1.29 is 0 Å². The van der Waals surface area contributed by atoms with Gasteiger partial charge in [-0.3, -0.25) is 4.98 Å². The van der Waals surface area contributed by atoms with Crippen LogP contribution in [-0.4, -0.2) is 4.98 Å². The lowest BCUT2D eigenvalue weighted by Crippen LogP contribution is -2.15. The fourth-order valence-electron chi connectivity index (χ4n) is 6.25. The first-order valence-corrected chi connectivity index (χ1v) is 12.6. The average Bonchev–Trinajstić information content (AvgIpc) is 3.13. The second kappa shape index (κ2) is 7.63. The van der Waals surface area contributed by atoms with Gasteiger partial charge in [0, 0.05) is 23.2 Å². The van der Waals surface area contributed by atoms with Gasteiger partial charge >= 0.3 is 0 Å². The van der Waals surface area contributed by atoms with Gasteiger partial charge in [0.05, 0.1) is 0 Å². The first-order chi connectivity index (χ1) is 17.5. The van der Waals surface area contributed by atoms with E-state index in [0.29, 0.717) is 0 Å². The minimum Gasteiger partial charge on any atom is -0.264 e. The van der Waals surface area contributed by atoms with E-state index in [4.69, 9.17) is 0 Å². The van der Waals surface area contributed by atoms with E-state index >= 15 is 0 Å². The number of aromatic nitrogens is 1. The standard InChI is InChI=1S/C35H27N/c1-22-13-15-25-26-16-14-24(20-32(26)35(2,3)31(25)19-22)34-28-12-8-7-11-27(28)33(23-9-5-4-6-10-23)29-17-18-36-21-30(29)34/h4-21H,1-3H3. The predicted molar refractivity (Wildman–Crippen MR) is 152 cm³/mol. The zero-order chi connectivity index (χ0) is 24.4. The number of nitrogens with zero attached hydrogens (tertiary/aromatic N) is 1. The van der Waals surface area contributed by atoms with Gasteiger partial charge in [-0.1, -0.05) is 104 Å². The molecule has 172 valence electrons. The number of fused-ring (bicyclic) bond motifs is 5. The third kappa shape index (κ3) is 2.93. The van der Waals surface area contributed by atoms with Crippen LogP contribution in [0.4, 0.5) is 0 Å². The Kier molecular flexibility index (Phi) is 4.47. The van der Waals surface area contributed by atoms with E-state index in [1.54, 1.807) is 0 Å². The number of aryl methyl sites for hydroxylation is 1. The molecule has 1 heteroatoms. The van der Waals surface area contributed by atoms with Gasteiger partial charge in [-0.15, -0.1) is 0 Å². The molecule has 0 unspecified atom stereocenters. The van der Waals surface area contributed by atoms with Gasteiger partial charge in [-0.05, 0) is 79.7 Å². The molecule has 7 rings (SSSR count). The Morgan fingerprint density at radius 3 is 1.92 bits per heavy atom. The third-order valence-electron chi connectivity index (χ3n) is 8.01. The van der Waals surface area contributed by atoms with Crippen LogP contribution in [0.1, 0.15) is 30.5 Å². The van der Waals surface area contributed by atoms with Crippen molar-refractivity contribution in [2.24, 2.45) is 0 Å². The number of hydrogen-bond acceptors (Lipinski definition) is 1. The second-order valence-electron chi connectivity index (χ2n) is 10.5. The van der Waals surface area contributed by atoms with Gasteiger partial charge in [0.2, 0.25) is 0 Å². The monoisotopic (exact) mass is 461 g/mol. The average molecular weight is 462 g/mol. The van der Waals surface area contributed by atoms with Crippen LogP contribution in [0.3, 0.4) is 0 Å². The molecule has 1 aromatic heterocycles. The van der Waals surface area contributed by atoms with Crippen molar-refractivity contribution in [3.05, 3.63) is 126 Å². The van der Waals surface area contributed by atoms with Gasteiger partial charge in [0.1, 0.15) is 0 Å². The summed E-state index contributed by atoms with van der Waals surface area (Å²) < 4.78 is 0. The highest BCUT2D eigenvalue weighted by atomic mass is 14.6.